The first-order chi connectivity index (χ1) is 9.79. The Morgan fingerprint density at radius 2 is 1.81 bits per heavy atom. The number of rotatable bonds is 4. The van der Waals surface area contributed by atoms with Crippen molar-refractivity contribution < 1.29 is 0 Å². The summed E-state index contributed by atoms with van der Waals surface area (Å²) in [5.41, 5.74) is 4.65. The first-order valence-electron chi connectivity index (χ1n) is 8.02. The van der Waals surface area contributed by atoms with E-state index in [1.807, 2.05) is 0 Å². The van der Waals surface area contributed by atoms with Crippen molar-refractivity contribution in [3.8, 4) is 0 Å². The number of benzene rings is 1. The maximum atomic E-state index is 3.86. The van der Waals surface area contributed by atoms with Crippen LogP contribution in [0.2, 0.25) is 0 Å². The summed E-state index contributed by atoms with van der Waals surface area (Å²) in [6.07, 6.45) is 5.72. The Balaban J connectivity index is 2.48. The Hall–Kier alpha value is -1.12. The molecule has 0 aromatic heterocycles. The molecule has 0 fully saturated rings. The van der Waals surface area contributed by atoms with Gasteiger partial charge in [-0.15, -0.1) is 0 Å². The number of nitrogens with one attached hydrogen (secondary N) is 1. The van der Waals surface area contributed by atoms with Gasteiger partial charge in [0.1, 0.15) is 0 Å². The van der Waals surface area contributed by atoms with Gasteiger partial charge in [0.15, 0.2) is 0 Å². The molecule has 2 heteroatoms. The van der Waals surface area contributed by atoms with Crippen LogP contribution in [0.1, 0.15) is 52.6 Å². The third-order valence-corrected chi connectivity index (χ3v) is 4.96. The lowest BCUT2D eigenvalue weighted by atomic mass is 9.89. The van der Waals surface area contributed by atoms with E-state index in [1.165, 1.54) is 16.3 Å². The van der Waals surface area contributed by atoms with Gasteiger partial charge in [0, 0.05) is 15.8 Å². The highest BCUT2D eigenvalue weighted by Crippen LogP contribution is 2.35. The second-order valence-electron chi connectivity index (χ2n) is 7.43. The van der Waals surface area contributed by atoms with Gasteiger partial charge in [-0.05, 0) is 49.8 Å². The minimum absolute atomic E-state index is 0.103. The van der Waals surface area contributed by atoms with Crippen molar-refractivity contribution in [2.24, 2.45) is 5.92 Å². The Bertz CT molecular complexity index is 561. The van der Waals surface area contributed by atoms with Gasteiger partial charge in [-0.1, -0.05) is 55.5 Å². The summed E-state index contributed by atoms with van der Waals surface area (Å²) in [6, 6.07) is 9.24. The molecular formula is C19H29NSi. The van der Waals surface area contributed by atoms with Crippen molar-refractivity contribution in [2.75, 3.05) is 0 Å². The Labute approximate surface area is 133 Å². The highest BCUT2D eigenvalue weighted by molar-refractivity contribution is 6.33. The van der Waals surface area contributed by atoms with Crippen molar-refractivity contribution in [3.05, 3.63) is 53.1 Å². The third-order valence-electron chi connectivity index (χ3n) is 4.05. The first kappa shape index (κ1) is 16.3. The number of hydrogen-bond donors (Lipinski definition) is 1. The van der Waals surface area contributed by atoms with E-state index in [4.69, 9.17) is 0 Å². The molecule has 1 N–H and O–H groups in total. The predicted molar refractivity (Wildman–Crippen MR) is 97.3 cm³/mol. The van der Waals surface area contributed by atoms with Crippen molar-refractivity contribution >= 4 is 15.4 Å². The zero-order valence-corrected chi connectivity index (χ0v) is 16.3. The summed E-state index contributed by atoms with van der Waals surface area (Å²) in [4.78, 5) is 0. The molecule has 1 aliphatic rings. The third kappa shape index (κ3) is 3.95. The van der Waals surface area contributed by atoms with E-state index in [2.05, 4.69) is 76.4 Å². The van der Waals surface area contributed by atoms with Gasteiger partial charge in [0.05, 0.1) is 6.04 Å². The largest absolute Gasteiger partial charge is 0.302 e. The average molecular weight is 300 g/mol. The van der Waals surface area contributed by atoms with Crippen LogP contribution in [0.4, 0.5) is 0 Å². The smallest absolute Gasteiger partial charge is 0.0547 e. The second-order valence-corrected chi connectivity index (χ2v) is 8.50. The van der Waals surface area contributed by atoms with E-state index >= 15 is 0 Å². The van der Waals surface area contributed by atoms with Gasteiger partial charge in [0.2, 0.25) is 0 Å². The highest BCUT2D eigenvalue weighted by atomic mass is 28.1. The van der Waals surface area contributed by atoms with Crippen molar-refractivity contribution in [3.63, 3.8) is 0 Å². The molecule has 0 aliphatic heterocycles. The molecule has 0 radical (unpaired) electrons. The van der Waals surface area contributed by atoms with Crippen LogP contribution in [0.5, 0.6) is 0 Å². The van der Waals surface area contributed by atoms with E-state index in [1.54, 1.807) is 5.57 Å². The van der Waals surface area contributed by atoms with Gasteiger partial charge in [-0.2, -0.15) is 0 Å². The van der Waals surface area contributed by atoms with Crippen LogP contribution in [-0.4, -0.2) is 15.8 Å². The van der Waals surface area contributed by atoms with Crippen LogP contribution in [-0.2, 0) is 0 Å². The molecule has 2 rings (SSSR count). The van der Waals surface area contributed by atoms with E-state index in [0.717, 1.165) is 16.7 Å². The zero-order valence-electron chi connectivity index (χ0n) is 14.3. The zero-order chi connectivity index (χ0) is 15.6. The molecule has 21 heavy (non-hydrogen) atoms. The maximum Gasteiger partial charge on any atom is 0.0547 e. The predicted octanol–water partition coefficient (Wildman–Crippen LogP) is 3.02. The molecule has 0 spiro atoms. The van der Waals surface area contributed by atoms with Crippen LogP contribution in [0.3, 0.4) is 0 Å². The van der Waals surface area contributed by atoms with Crippen LogP contribution in [0.25, 0.3) is 0 Å². The second kappa shape index (κ2) is 6.33. The topological polar surface area (TPSA) is 12.0 Å². The van der Waals surface area contributed by atoms with Gasteiger partial charge < -0.3 is 5.32 Å². The Morgan fingerprint density at radius 3 is 2.38 bits per heavy atom. The van der Waals surface area contributed by atoms with Crippen LogP contribution < -0.4 is 10.5 Å². The lowest BCUT2D eigenvalue weighted by Crippen LogP contribution is -2.41. The summed E-state index contributed by atoms with van der Waals surface area (Å²) in [7, 11) is 1.09. The molecule has 1 aliphatic carbocycles. The lowest BCUT2D eigenvalue weighted by molar-refractivity contribution is 0.385. The Morgan fingerprint density at radius 1 is 1.14 bits per heavy atom. The molecule has 1 aromatic rings. The van der Waals surface area contributed by atoms with Crippen LogP contribution in [0.15, 0.2) is 47.6 Å². The molecule has 1 aromatic carbocycles. The van der Waals surface area contributed by atoms with Gasteiger partial charge in [-0.25, -0.2) is 0 Å². The molecule has 114 valence electrons. The molecule has 0 heterocycles. The van der Waals surface area contributed by atoms with Crippen molar-refractivity contribution in [1.82, 2.24) is 5.32 Å². The SMILES string of the molecule is CC(C)C1=C(C(NC(C)(C)C)c2ccccc2[SiH3])CC=C1. The molecule has 0 saturated heterocycles. The van der Waals surface area contributed by atoms with Gasteiger partial charge in [-0.3, -0.25) is 0 Å². The average Bonchev–Trinajstić information content (AvgIpc) is 2.85. The van der Waals surface area contributed by atoms with E-state index in [-0.39, 0.29) is 5.54 Å². The summed E-state index contributed by atoms with van der Waals surface area (Å²) in [5.74, 6) is 0.587. The summed E-state index contributed by atoms with van der Waals surface area (Å²) in [5, 5.41) is 5.37. The monoisotopic (exact) mass is 299 g/mol. The maximum absolute atomic E-state index is 3.86. The fourth-order valence-electron chi connectivity index (χ4n) is 3.08. The molecule has 0 amide bonds. The summed E-state index contributed by atoms with van der Waals surface area (Å²) in [6.45, 7) is 11.4. The highest BCUT2D eigenvalue weighted by Gasteiger charge is 2.26. The van der Waals surface area contributed by atoms with Crippen molar-refractivity contribution in [2.45, 2.75) is 52.6 Å². The molecule has 0 bridgehead atoms. The molecule has 1 nitrogen and oxygen atoms in total. The first-order valence-corrected chi connectivity index (χ1v) is 9.02. The number of hydrogen-bond acceptors (Lipinski definition) is 1. The summed E-state index contributed by atoms with van der Waals surface area (Å²) < 4.78 is 0. The fraction of sp³-hybridized carbons (Fsp3) is 0.474. The van der Waals surface area contributed by atoms with E-state index in [9.17, 15) is 0 Å². The molecule has 0 saturated carbocycles. The fourth-order valence-corrected chi connectivity index (χ4v) is 3.73. The number of allylic oxidation sites excluding steroid dienone is 3. The quantitative estimate of drug-likeness (QED) is 0.843. The van der Waals surface area contributed by atoms with E-state index in [0.29, 0.717) is 12.0 Å². The van der Waals surface area contributed by atoms with Crippen LogP contribution >= 0.6 is 0 Å². The normalized spacial score (nSPS) is 17.0. The van der Waals surface area contributed by atoms with E-state index < -0.39 is 0 Å². The van der Waals surface area contributed by atoms with Gasteiger partial charge in [0.25, 0.3) is 0 Å². The molecular weight excluding hydrogens is 270 g/mol. The molecule has 1 unspecified atom stereocenters. The standard InChI is InChI=1S/C19H29NSi/c1-13(2)14-10-8-11-15(14)18(20-19(3,4)5)16-9-6-7-12-17(16)21/h6-10,12-13,18,20H,11H2,1-5,21H3. The van der Waals surface area contributed by atoms with Crippen LogP contribution in [0, 0.1) is 5.92 Å². The summed E-state index contributed by atoms with van der Waals surface area (Å²) >= 11 is 0. The molecule has 1 atom stereocenters. The minimum Gasteiger partial charge on any atom is -0.302 e. The van der Waals surface area contributed by atoms with Crippen molar-refractivity contribution in [1.29, 1.82) is 0 Å². The lowest BCUT2D eigenvalue weighted by Gasteiger charge is -2.32. The Kier molecular flexibility index (Phi) is 4.90. The van der Waals surface area contributed by atoms with Gasteiger partial charge >= 0.3 is 0 Å². The minimum atomic E-state index is 0.103.